The summed E-state index contributed by atoms with van der Waals surface area (Å²) in [6, 6.07) is 2.45. The van der Waals surface area contributed by atoms with Crippen molar-refractivity contribution in [1.82, 2.24) is 15.0 Å². The highest BCUT2D eigenvalue weighted by atomic mass is 19.3. The van der Waals surface area contributed by atoms with Gasteiger partial charge in [0.1, 0.15) is 11.2 Å². The van der Waals surface area contributed by atoms with E-state index in [-0.39, 0.29) is 22.4 Å². The quantitative estimate of drug-likeness (QED) is 0.783. The molecular weight excluding hydrogens is 275 g/mol. The van der Waals surface area contributed by atoms with E-state index in [9.17, 15) is 18.0 Å². The summed E-state index contributed by atoms with van der Waals surface area (Å²) in [5.41, 5.74) is -0.126. The first-order chi connectivity index (χ1) is 9.56. The van der Waals surface area contributed by atoms with Crippen LogP contribution in [0.3, 0.4) is 0 Å². The molecule has 0 aliphatic heterocycles. The van der Waals surface area contributed by atoms with Crippen LogP contribution < -0.4 is 5.76 Å². The summed E-state index contributed by atoms with van der Waals surface area (Å²) in [5, 5.41) is 0. The molecule has 0 bridgehead atoms. The third-order valence-corrected chi connectivity index (χ3v) is 2.70. The van der Waals surface area contributed by atoms with Crippen LogP contribution in [0.25, 0.3) is 22.4 Å². The molecule has 3 aromatic rings. The molecule has 0 saturated carbocycles. The average molecular weight is 281 g/mol. The van der Waals surface area contributed by atoms with Gasteiger partial charge in [-0.15, -0.1) is 0 Å². The highest BCUT2D eigenvalue weighted by Crippen LogP contribution is 2.27. The van der Waals surface area contributed by atoms with Crippen molar-refractivity contribution in [2.24, 2.45) is 0 Å². The molecular formula is C12H6F3N3O2. The van der Waals surface area contributed by atoms with Crippen LogP contribution in [0.2, 0.25) is 0 Å². The molecule has 3 rings (SSSR count). The smallest absolute Gasteiger partial charge is 0.407 e. The molecule has 0 spiro atoms. The first-order valence-corrected chi connectivity index (χ1v) is 5.48. The van der Waals surface area contributed by atoms with E-state index in [0.29, 0.717) is 0 Å². The fraction of sp³-hybridized carbons (Fsp3) is 0.0833. The Bertz CT molecular complexity index is 824. The van der Waals surface area contributed by atoms with Crippen molar-refractivity contribution in [3.8, 4) is 11.3 Å². The number of rotatable bonds is 2. The molecule has 2 heterocycles. The minimum atomic E-state index is -2.73. The van der Waals surface area contributed by atoms with Crippen molar-refractivity contribution < 1.29 is 17.6 Å². The van der Waals surface area contributed by atoms with Crippen LogP contribution in [0.1, 0.15) is 12.1 Å². The van der Waals surface area contributed by atoms with Gasteiger partial charge in [0.25, 0.3) is 6.43 Å². The van der Waals surface area contributed by atoms with Gasteiger partial charge >= 0.3 is 5.76 Å². The standard InChI is InChI=1S/C12H6F3N3O2/c13-6-2-1-5(10-9(6)18-12(19)20-10)7-3-17-8(4-16-7)11(14)15/h1-4,11H,(H,18,19). The van der Waals surface area contributed by atoms with Crippen LogP contribution >= 0.6 is 0 Å². The highest BCUT2D eigenvalue weighted by molar-refractivity contribution is 5.88. The molecule has 5 nitrogen and oxygen atoms in total. The van der Waals surface area contributed by atoms with Gasteiger partial charge in [0.15, 0.2) is 11.4 Å². The molecule has 20 heavy (non-hydrogen) atoms. The van der Waals surface area contributed by atoms with Crippen molar-refractivity contribution in [1.29, 1.82) is 0 Å². The number of benzene rings is 1. The Morgan fingerprint density at radius 3 is 2.65 bits per heavy atom. The largest absolute Gasteiger partial charge is 0.417 e. The molecule has 0 unspecified atom stereocenters. The summed E-state index contributed by atoms with van der Waals surface area (Å²) >= 11 is 0. The van der Waals surface area contributed by atoms with Crippen LogP contribution in [0.5, 0.6) is 0 Å². The van der Waals surface area contributed by atoms with Crippen molar-refractivity contribution in [2.45, 2.75) is 6.43 Å². The van der Waals surface area contributed by atoms with Gasteiger partial charge in [0.2, 0.25) is 0 Å². The van der Waals surface area contributed by atoms with Gasteiger partial charge in [-0.25, -0.2) is 18.0 Å². The van der Waals surface area contributed by atoms with Gasteiger partial charge in [-0.1, -0.05) is 0 Å². The first kappa shape index (κ1) is 12.4. The molecule has 0 fully saturated rings. The van der Waals surface area contributed by atoms with Crippen molar-refractivity contribution in [3.05, 3.63) is 46.6 Å². The van der Waals surface area contributed by atoms with Crippen LogP contribution in [-0.2, 0) is 0 Å². The van der Waals surface area contributed by atoms with E-state index in [2.05, 4.69) is 15.0 Å². The predicted molar refractivity (Wildman–Crippen MR) is 62.8 cm³/mol. The van der Waals surface area contributed by atoms with E-state index in [4.69, 9.17) is 4.42 Å². The SMILES string of the molecule is O=c1[nH]c2c(F)ccc(-c3cnc(C(F)F)cn3)c2o1. The fourth-order valence-electron chi connectivity index (χ4n) is 1.79. The van der Waals surface area contributed by atoms with Gasteiger partial charge in [-0.2, -0.15) is 0 Å². The number of fused-ring (bicyclic) bond motifs is 1. The predicted octanol–water partition coefficient (Wildman–Crippen LogP) is 2.65. The van der Waals surface area contributed by atoms with Gasteiger partial charge in [0, 0.05) is 5.56 Å². The highest BCUT2D eigenvalue weighted by Gasteiger charge is 2.15. The number of hydrogen-bond acceptors (Lipinski definition) is 4. The summed E-state index contributed by atoms with van der Waals surface area (Å²) in [7, 11) is 0. The summed E-state index contributed by atoms with van der Waals surface area (Å²) < 4.78 is 43.1. The van der Waals surface area contributed by atoms with E-state index in [1.54, 1.807) is 0 Å². The summed E-state index contributed by atoms with van der Waals surface area (Å²) in [5.74, 6) is -1.48. The molecule has 1 N–H and O–H groups in total. The average Bonchev–Trinajstić information content (AvgIpc) is 2.82. The number of nitrogens with zero attached hydrogens (tertiary/aromatic N) is 2. The Hall–Kier alpha value is -2.64. The van der Waals surface area contributed by atoms with E-state index in [0.717, 1.165) is 18.5 Å². The number of nitrogens with one attached hydrogen (secondary N) is 1. The topological polar surface area (TPSA) is 71.8 Å². The van der Waals surface area contributed by atoms with Gasteiger partial charge in [-0.05, 0) is 12.1 Å². The molecule has 0 aliphatic rings. The second kappa shape index (κ2) is 4.48. The number of halogens is 3. The maximum atomic E-state index is 13.5. The lowest BCUT2D eigenvalue weighted by molar-refractivity contribution is 0.145. The maximum absolute atomic E-state index is 13.5. The summed E-state index contributed by atoms with van der Waals surface area (Å²) in [6.07, 6.45) is -0.698. The molecule has 2 aromatic heterocycles. The zero-order chi connectivity index (χ0) is 14.3. The number of aromatic amines is 1. The zero-order valence-corrected chi connectivity index (χ0v) is 9.73. The zero-order valence-electron chi connectivity index (χ0n) is 9.73. The molecule has 0 saturated heterocycles. The summed E-state index contributed by atoms with van der Waals surface area (Å²) in [4.78, 5) is 20.7. The minimum absolute atomic E-state index is 0.0332. The van der Waals surface area contributed by atoms with E-state index in [1.165, 1.54) is 6.07 Å². The van der Waals surface area contributed by atoms with Crippen LogP contribution in [0.4, 0.5) is 13.2 Å². The lowest BCUT2D eigenvalue weighted by Gasteiger charge is -2.03. The van der Waals surface area contributed by atoms with E-state index in [1.807, 2.05) is 0 Å². The maximum Gasteiger partial charge on any atom is 0.417 e. The number of hydrogen-bond donors (Lipinski definition) is 1. The van der Waals surface area contributed by atoms with E-state index < -0.39 is 23.7 Å². The first-order valence-electron chi connectivity index (χ1n) is 5.48. The lowest BCUT2D eigenvalue weighted by atomic mass is 10.1. The number of aromatic nitrogens is 3. The van der Waals surface area contributed by atoms with Crippen molar-refractivity contribution in [3.63, 3.8) is 0 Å². The number of H-pyrrole nitrogens is 1. The molecule has 0 amide bonds. The van der Waals surface area contributed by atoms with E-state index >= 15 is 0 Å². The monoisotopic (exact) mass is 281 g/mol. The molecule has 0 radical (unpaired) electrons. The van der Waals surface area contributed by atoms with Crippen molar-refractivity contribution in [2.75, 3.05) is 0 Å². The van der Waals surface area contributed by atoms with Crippen LogP contribution in [0, 0.1) is 5.82 Å². The number of oxazole rings is 1. The molecule has 8 heteroatoms. The Balaban J connectivity index is 2.19. The van der Waals surface area contributed by atoms with Crippen LogP contribution in [-0.4, -0.2) is 15.0 Å². The third-order valence-electron chi connectivity index (χ3n) is 2.70. The number of alkyl halides is 2. The normalized spacial score (nSPS) is 11.4. The molecule has 1 aromatic carbocycles. The van der Waals surface area contributed by atoms with Crippen molar-refractivity contribution >= 4 is 11.1 Å². The Morgan fingerprint density at radius 2 is 2.00 bits per heavy atom. The molecule has 0 atom stereocenters. The fourth-order valence-corrected chi connectivity index (χ4v) is 1.79. The molecule has 102 valence electrons. The second-order valence-electron chi connectivity index (χ2n) is 3.94. The second-order valence-corrected chi connectivity index (χ2v) is 3.94. The van der Waals surface area contributed by atoms with Gasteiger partial charge in [-0.3, -0.25) is 15.0 Å². The Labute approximate surface area is 109 Å². The Morgan fingerprint density at radius 1 is 1.20 bits per heavy atom. The van der Waals surface area contributed by atoms with Crippen LogP contribution in [0.15, 0.2) is 33.7 Å². The lowest BCUT2D eigenvalue weighted by Crippen LogP contribution is -1.94. The summed E-state index contributed by atoms with van der Waals surface area (Å²) in [6.45, 7) is 0. The Kier molecular flexibility index (Phi) is 2.78. The van der Waals surface area contributed by atoms with Gasteiger partial charge in [0.05, 0.1) is 18.1 Å². The third kappa shape index (κ3) is 1.94. The minimum Gasteiger partial charge on any atom is -0.407 e. The molecule has 0 aliphatic carbocycles. The van der Waals surface area contributed by atoms with Gasteiger partial charge < -0.3 is 4.42 Å².